The summed E-state index contributed by atoms with van der Waals surface area (Å²) in [5, 5.41) is 2.82. The molecular weight excluding hydrogens is 312 g/mol. The predicted molar refractivity (Wildman–Crippen MR) is 91.7 cm³/mol. The fourth-order valence-corrected chi connectivity index (χ4v) is 2.75. The maximum atomic E-state index is 12.1. The van der Waals surface area contributed by atoms with Crippen molar-refractivity contribution in [3.8, 4) is 5.75 Å². The van der Waals surface area contributed by atoms with Crippen LogP contribution in [0.3, 0.4) is 0 Å². The molecule has 0 heterocycles. The lowest BCUT2D eigenvalue weighted by Gasteiger charge is -2.10. The number of hydrogen-bond acceptors (Lipinski definition) is 4. The highest BCUT2D eigenvalue weighted by atomic mass is 32.2. The highest BCUT2D eigenvalue weighted by molar-refractivity contribution is 8.00. The van der Waals surface area contributed by atoms with Gasteiger partial charge in [-0.2, -0.15) is 0 Å². The highest BCUT2D eigenvalue weighted by Gasteiger charge is 2.09. The van der Waals surface area contributed by atoms with Gasteiger partial charge >= 0.3 is 0 Å². The summed E-state index contributed by atoms with van der Waals surface area (Å²) in [5.41, 5.74) is 6.54. The van der Waals surface area contributed by atoms with Crippen LogP contribution in [0.4, 0.5) is 5.69 Å². The average Bonchev–Trinajstić information content (AvgIpc) is 2.54. The van der Waals surface area contributed by atoms with Crippen LogP contribution in [0.1, 0.15) is 5.56 Å². The summed E-state index contributed by atoms with van der Waals surface area (Å²) in [6.07, 6.45) is 0.0967. The molecule has 0 aliphatic heterocycles. The van der Waals surface area contributed by atoms with Crippen molar-refractivity contribution in [3.05, 3.63) is 54.1 Å². The largest absolute Gasteiger partial charge is 0.497 e. The van der Waals surface area contributed by atoms with Gasteiger partial charge in [-0.15, -0.1) is 11.8 Å². The van der Waals surface area contributed by atoms with E-state index in [0.29, 0.717) is 11.3 Å². The number of nitrogens with two attached hydrogens (primary N) is 1. The second kappa shape index (κ2) is 8.24. The fraction of sp³-hybridized carbons (Fsp3) is 0.176. The van der Waals surface area contributed by atoms with Crippen molar-refractivity contribution < 1.29 is 14.3 Å². The van der Waals surface area contributed by atoms with Gasteiger partial charge in [-0.05, 0) is 29.8 Å². The topological polar surface area (TPSA) is 81.4 Å². The number of anilines is 1. The molecule has 0 bridgehead atoms. The van der Waals surface area contributed by atoms with Crippen LogP contribution in [0, 0.1) is 0 Å². The number of benzene rings is 2. The first-order chi connectivity index (χ1) is 11.1. The molecule has 2 aromatic rings. The summed E-state index contributed by atoms with van der Waals surface area (Å²) in [6, 6.07) is 14.7. The van der Waals surface area contributed by atoms with E-state index >= 15 is 0 Å². The van der Waals surface area contributed by atoms with E-state index in [0.717, 1.165) is 10.6 Å². The molecular formula is C17H18N2O3S. The Kier molecular flexibility index (Phi) is 6.05. The minimum atomic E-state index is -0.433. The van der Waals surface area contributed by atoms with E-state index in [1.165, 1.54) is 11.8 Å². The summed E-state index contributed by atoms with van der Waals surface area (Å²) in [7, 11) is 1.60. The van der Waals surface area contributed by atoms with Crippen molar-refractivity contribution in [3.63, 3.8) is 0 Å². The van der Waals surface area contributed by atoms with Crippen LogP contribution in [-0.2, 0) is 16.0 Å². The number of methoxy groups -OCH3 is 1. The van der Waals surface area contributed by atoms with Crippen LogP contribution in [-0.4, -0.2) is 24.7 Å². The Bertz CT molecular complexity index is 704. The van der Waals surface area contributed by atoms with E-state index in [4.69, 9.17) is 10.5 Å². The van der Waals surface area contributed by atoms with E-state index in [-0.39, 0.29) is 18.1 Å². The van der Waals surface area contributed by atoms with Crippen molar-refractivity contribution in [1.29, 1.82) is 0 Å². The van der Waals surface area contributed by atoms with Crippen LogP contribution >= 0.6 is 11.8 Å². The first-order valence-corrected chi connectivity index (χ1v) is 8.00. The predicted octanol–water partition coefficient (Wildman–Crippen LogP) is 2.45. The molecule has 0 radical (unpaired) electrons. The van der Waals surface area contributed by atoms with Crippen LogP contribution in [0.25, 0.3) is 0 Å². The number of hydrogen-bond donors (Lipinski definition) is 2. The third-order valence-corrected chi connectivity index (χ3v) is 4.06. The Morgan fingerprint density at radius 3 is 2.70 bits per heavy atom. The standard InChI is InChI=1S/C17H18N2O3S/c1-22-13-6-4-7-14(10-13)23-11-17(21)19-15-8-3-2-5-12(15)9-16(18)20/h2-8,10H,9,11H2,1H3,(H2,18,20)(H,19,21). The monoisotopic (exact) mass is 330 g/mol. The maximum absolute atomic E-state index is 12.1. The Hall–Kier alpha value is -2.47. The molecule has 0 fully saturated rings. The van der Waals surface area contributed by atoms with Gasteiger partial charge < -0.3 is 15.8 Å². The summed E-state index contributed by atoms with van der Waals surface area (Å²) in [6.45, 7) is 0. The Morgan fingerprint density at radius 1 is 1.17 bits per heavy atom. The van der Waals surface area contributed by atoms with E-state index in [9.17, 15) is 9.59 Å². The zero-order valence-electron chi connectivity index (χ0n) is 12.7. The van der Waals surface area contributed by atoms with Crippen molar-refractivity contribution in [2.45, 2.75) is 11.3 Å². The third kappa shape index (κ3) is 5.34. The van der Waals surface area contributed by atoms with Gasteiger partial charge in [0.05, 0.1) is 19.3 Å². The first-order valence-electron chi connectivity index (χ1n) is 7.01. The van der Waals surface area contributed by atoms with Crippen LogP contribution < -0.4 is 15.8 Å². The minimum Gasteiger partial charge on any atom is -0.497 e. The van der Waals surface area contributed by atoms with Crippen molar-refractivity contribution in [2.75, 3.05) is 18.2 Å². The van der Waals surface area contributed by atoms with Gasteiger partial charge in [0.2, 0.25) is 11.8 Å². The third-order valence-electron chi connectivity index (χ3n) is 3.07. The van der Waals surface area contributed by atoms with Crippen LogP contribution in [0.15, 0.2) is 53.4 Å². The molecule has 120 valence electrons. The number of primary amides is 1. The average molecular weight is 330 g/mol. The summed E-state index contributed by atoms with van der Waals surface area (Å²) in [5.74, 6) is 0.437. The molecule has 0 atom stereocenters. The van der Waals surface area contributed by atoms with E-state index in [2.05, 4.69) is 5.32 Å². The number of ether oxygens (including phenoxy) is 1. The lowest BCUT2D eigenvalue weighted by Crippen LogP contribution is -2.18. The quantitative estimate of drug-likeness (QED) is 0.764. The lowest BCUT2D eigenvalue weighted by molar-refractivity contribution is -0.117. The van der Waals surface area contributed by atoms with Gasteiger partial charge in [0, 0.05) is 10.6 Å². The van der Waals surface area contributed by atoms with Gasteiger partial charge in [0.25, 0.3) is 0 Å². The number of rotatable bonds is 7. The maximum Gasteiger partial charge on any atom is 0.234 e. The number of nitrogens with one attached hydrogen (secondary N) is 1. The van der Waals surface area contributed by atoms with E-state index in [1.807, 2.05) is 24.3 Å². The molecule has 2 amide bonds. The SMILES string of the molecule is COc1cccc(SCC(=O)Nc2ccccc2CC(N)=O)c1. The number of thioether (sulfide) groups is 1. The molecule has 0 aromatic heterocycles. The van der Waals surface area contributed by atoms with Crippen molar-refractivity contribution in [1.82, 2.24) is 0 Å². The van der Waals surface area contributed by atoms with E-state index in [1.54, 1.807) is 31.4 Å². The minimum absolute atomic E-state index is 0.0967. The molecule has 0 spiro atoms. The second-order valence-corrected chi connectivity index (χ2v) is 5.86. The number of carbonyl (C=O) groups is 2. The number of amides is 2. The molecule has 3 N–H and O–H groups in total. The van der Waals surface area contributed by atoms with Gasteiger partial charge in [-0.1, -0.05) is 24.3 Å². The smallest absolute Gasteiger partial charge is 0.234 e. The summed E-state index contributed by atoms with van der Waals surface area (Å²) < 4.78 is 5.15. The molecule has 0 saturated carbocycles. The normalized spacial score (nSPS) is 10.1. The Labute approximate surface area is 139 Å². The Morgan fingerprint density at radius 2 is 1.96 bits per heavy atom. The van der Waals surface area contributed by atoms with Crippen LogP contribution in [0.2, 0.25) is 0 Å². The summed E-state index contributed by atoms with van der Waals surface area (Å²) in [4.78, 5) is 24.1. The number of para-hydroxylation sites is 1. The highest BCUT2D eigenvalue weighted by Crippen LogP contribution is 2.23. The van der Waals surface area contributed by atoms with Gasteiger partial charge in [0.15, 0.2) is 0 Å². The number of carbonyl (C=O) groups excluding carboxylic acids is 2. The second-order valence-electron chi connectivity index (χ2n) is 4.82. The summed E-state index contributed by atoms with van der Waals surface area (Å²) >= 11 is 1.41. The lowest BCUT2D eigenvalue weighted by atomic mass is 10.1. The van der Waals surface area contributed by atoms with Crippen molar-refractivity contribution >= 4 is 29.3 Å². The molecule has 0 saturated heterocycles. The molecule has 0 unspecified atom stereocenters. The molecule has 5 nitrogen and oxygen atoms in total. The van der Waals surface area contributed by atoms with E-state index < -0.39 is 5.91 Å². The Balaban J connectivity index is 1.96. The van der Waals surface area contributed by atoms with Gasteiger partial charge in [-0.25, -0.2) is 0 Å². The fourth-order valence-electron chi connectivity index (χ4n) is 2.01. The van der Waals surface area contributed by atoms with Gasteiger partial charge in [-0.3, -0.25) is 9.59 Å². The zero-order chi connectivity index (χ0) is 16.7. The van der Waals surface area contributed by atoms with Crippen molar-refractivity contribution in [2.24, 2.45) is 5.73 Å². The molecule has 2 aromatic carbocycles. The molecule has 6 heteroatoms. The van der Waals surface area contributed by atoms with Gasteiger partial charge in [0.1, 0.15) is 5.75 Å². The zero-order valence-corrected chi connectivity index (χ0v) is 13.6. The molecule has 23 heavy (non-hydrogen) atoms. The van der Waals surface area contributed by atoms with Crippen LogP contribution in [0.5, 0.6) is 5.75 Å². The first kappa shape index (κ1) is 16.9. The molecule has 0 aliphatic rings. The molecule has 2 rings (SSSR count). The molecule has 0 aliphatic carbocycles.